The van der Waals surface area contributed by atoms with Crippen LogP contribution in [0.1, 0.15) is 109 Å². The number of ether oxygens (including phenoxy) is 1. The van der Waals surface area contributed by atoms with Gasteiger partial charge in [0.25, 0.3) is 11.8 Å². The quantitative estimate of drug-likeness (QED) is 0.200. The van der Waals surface area contributed by atoms with Gasteiger partial charge in [-0.15, -0.1) is 0 Å². The molecule has 14 heteroatoms. The molecule has 3 fully saturated rings. The number of hydrogen-bond acceptors (Lipinski definition) is 9. The number of Topliss-reactive ketones (excluding diaryl/α,β-unsaturated/α-hetero) is 1. The topological polar surface area (TPSA) is 189 Å². The zero-order chi connectivity index (χ0) is 35.7. The Kier molecular flexibility index (Phi) is 13.2. The third kappa shape index (κ3) is 10.1. The number of carbonyl (C=O) groups excluding carboxylic acids is 6. The molecule has 5 atom stereocenters. The molecule has 2 heterocycles. The Morgan fingerprint density at radius 1 is 0.939 bits per heavy atom. The van der Waals surface area contributed by atoms with Crippen LogP contribution in [-0.2, 0) is 28.7 Å². The van der Waals surface area contributed by atoms with E-state index in [9.17, 15) is 28.8 Å². The molecule has 1 aliphatic heterocycles. The van der Waals surface area contributed by atoms with Crippen LogP contribution in [0.25, 0.3) is 0 Å². The molecule has 4 N–H and O–H groups in total. The molecule has 3 aliphatic rings. The van der Waals surface area contributed by atoms with Crippen molar-refractivity contribution in [3.63, 3.8) is 0 Å². The van der Waals surface area contributed by atoms with Crippen molar-refractivity contribution in [2.24, 2.45) is 11.3 Å². The second kappa shape index (κ2) is 17.1. The van der Waals surface area contributed by atoms with E-state index < -0.39 is 71.0 Å². The fourth-order valence-corrected chi connectivity index (χ4v) is 6.71. The van der Waals surface area contributed by atoms with E-state index in [1.54, 1.807) is 6.92 Å². The Morgan fingerprint density at radius 2 is 1.65 bits per heavy atom. The van der Waals surface area contributed by atoms with Gasteiger partial charge in [0.1, 0.15) is 23.8 Å². The maximum atomic E-state index is 14.5. The second-order valence-corrected chi connectivity index (χ2v) is 14.5. The van der Waals surface area contributed by atoms with Crippen molar-refractivity contribution >= 4 is 35.3 Å². The van der Waals surface area contributed by atoms with Gasteiger partial charge in [0.2, 0.25) is 23.5 Å². The molecule has 0 radical (unpaired) electrons. The van der Waals surface area contributed by atoms with Crippen LogP contribution >= 0.6 is 0 Å². The van der Waals surface area contributed by atoms with E-state index in [2.05, 4.69) is 31.2 Å². The van der Waals surface area contributed by atoms with Crippen LogP contribution in [0.4, 0.5) is 0 Å². The van der Waals surface area contributed by atoms with E-state index >= 15 is 0 Å². The van der Waals surface area contributed by atoms with Crippen molar-refractivity contribution in [1.82, 2.24) is 36.1 Å². The highest BCUT2D eigenvalue weighted by atomic mass is 16.5. The molecule has 1 saturated heterocycles. The summed E-state index contributed by atoms with van der Waals surface area (Å²) in [7, 11) is 0. The van der Waals surface area contributed by atoms with Crippen LogP contribution in [-0.4, -0.2) is 99.7 Å². The number of nitrogens with one attached hydrogen (secondary N) is 4. The fourth-order valence-electron chi connectivity index (χ4n) is 6.71. The molecule has 14 nitrogen and oxygen atoms in total. The smallest absolute Gasteiger partial charge is 0.289 e. The predicted molar refractivity (Wildman–Crippen MR) is 180 cm³/mol. The Hall–Kier alpha value is -3.94. The van der Waals surface area contributed by atoms with Gasteiger partial charge in [0.05, 0.1) is 18.3 Å². The molecular formula is C35H53N7O7. The minimum Gasteiger partial charge on any atom is -0.376 e. The van der Waals surface area contributed by atoms with Gasteiger partial charge in [-0.05, 0) is 56.8 Å². The highest BCUT2D eigenvalue weighted by molar-refractivity contribution is 6.38. The SMILES string of the molecule is CCC[C@@H](NC(=O)[C@H]1[C@@H](OCC)CCN1C(=O)[C@H](NC(=O)C(NC(=O)c1cnccn1)C1CCCCC1)C(C)(C)C)C(=O)C(=O)NC1CC1. The Bertz CT molecular complexity index is 1340. The minimum atomic E-state index is -1.08. The summed E-state index contributed by atoms with van der Waals surface area (Å²) in [5, 5.41) is 11.3. The second-order valence-electron chi connectivity index (χ2n) is 14.5. The van der Waals surface area contributed by atoms with Gasteiger partial charge in [0, 0.05) is 31.6 Å². The number of amides is 5. The van der Waals surface area contributed by atoms with Crippen molar-refractivity contribution in [3.05, 3.63) is 24.3 Å². The maximum Gasteiger partial charge on any atom is 0.289 e. The summed E-state index contributed by atoms with van der Waals surface area (Å²) in [5.41, 5.74) is -0.706. The van der Waals surface area contributed by atoms with Gasteiger partial charge in [-0.3, -0.25) is 33.8 Å². The molecule has 1 aromatic heterocycles. The van der Waals surface area contributed by atoms with Gasteiger partial charge >= 0.3 is 0 Å². The lowest BCUT2D eigenvalue weighted by atomic mass is 9.82. The highest BCUT2D eigenvalue weighted by Crippen LogP contribution is 2.30. The van der Waals surface area contributed by atoms with Crippen LogP contribution in [0.15, 0.2) is 18.6 Å². The molecule has 0 aromatic carbocycles. The van der Waals surface area contributed by atoms with Gasteiger partial charge in [-0.2, -0.15) is 0 Å². The van der Waals surface area contributed by atoms with Crippen molar-refractivity contribution in [2.75, 3.05) is 13.2 Å². The third-order valence-electron chi connectivity index (χ3n) is 9.51. The van der Waals surface area contributed by atoms with E-state index in [-0.39, 0.29) is 30.6 Å². The first-order valence-corrected chi connectivity index (χ1v) is 17.8. The molecule has 2 aliphatic carbocycles. The summed E-state index contributed by atoms with van der Waals surface area (Å²) < 4.78 is 5.91. The molecular weight excluding hydrogens is 630 g/mol. The van der Waals surface area contributed by atoms with Gasteiger partial charge < -0.3 is 30.9 Å². The van der Waals surface area contributed by atoms with Crippen LogP contribution < -0.4 is 21.3 Å². The van der Waals surface area contributed by atoms with Crippen LogP contribution in [0.2, 0.25) is 0 Å². The predicted octanol–water partition coefficient (Wildman–Crippen LogP) is 1.82. The van der Waals surface area contributed by atoms with E-state index in [1.165, 1.54) is 23.5 Å². The highest BCUT2D eigenvalue weighted by Gasteiger charge is 2.48. The van der Waals surface area contributed by atoms with Crippen LogP contribution in [0, 0.1) is 11.3 Å². The Labute approximate surface area is 288 Å². The van der Waals surface area contributed by atoms with Crippen molar-refractivity contribution in [2.45, 2.75) is 135 Å². The van der Waals surface area contributed by atoms with Crippen LogP contribution in [0.5, 0.6) is 0 Å². The third-order valence-corrected chi connectivity index (χ3v) is 9.51. The largest absolute Gasteiger partial charge is 0.376 e. The normalized spacial score (nSPS) is 21.6. The number of hydrogen-bond donors (Lipinski definition) is 4. The number of aromatic nitrogens is 2. The van der Waals surface area contributed by atoms with Crippen LogP contribution in [0.3, 0.4) is 0 Å². The summed E-state index contributed by atoms with van der Waals surface area (Å²) in [4.78, 5) is 90.8. The molecule has 2 saturated carbocycles. The monoisotopic (exact) mass is 683 g/mol. The number of carbonyl (C=O) groups is 6. The number of likely N-dealkylation sites (tertiary alicyclic amines) is 1. The van der Waals surface area contributed by atoms with E-state index in [0.717, 1.165) is 44.9 Å². The average molecular weight is 684 g/mol. The molecule has 270 valence electrons. The van der Waals surface area contributed by atoms with Gasteiger partial charge in [-0.1, -0.05) is 53.4 Å². The van der Waals surface area contributed by atoms with Crippen molar-refractivity contribution in [1.29, 1.82) is 0 Å². The first-order valence-electron chi connectivity index (χ1n) is 17.8. The van der Waals surface area contributed by atoms with Gasteiger partial charge in [-0.25, -0.2) is 4.98 Å². The number of rotatable bonds is 15. The number of nitrogens with zero attached hydrogens (tertiary/aromatic N) is 3. The molecule has 4 rings (SSSR count). The molecule has 0 spiro atoms. The Morgan fingerprint density at radius 3 is 2.24 bits per heavy atom. The maximum absolute atomic E-state index is 14.5. The van der Waals surface area contributed by atoms with E-state index in [0.29, 0.717) is 19.4 Å². The van der Waals surface area contributed by atoms with E-state index in [4.69, 9.17) is 4.74 Å². The summed E-state index contributed by atoms with van der Waals surface area (Å²) in [6.07, 6.45) is 10.7. The zero-order valence-electron chi connectivity index (χ0n) is 29.5. The molecule has 1 aromatic rings. The fraction of sp³-hybridized carbons (Fsp3) is 0.714. The summed E-state index contributed by atoms with van der Waals surface area (Å²) in [5.74, 6) is -3.67. The summed E-state index contributed by atoms with van der Waals surface area (Å²) >= 11 is 0. The lowest BCUT2D eigenvalue weighted by Gasteiger charge is -2.38. The van der Waals surface area contributed by atoms with Gasteiger partial charge in [0.15, 0.2) is 0 Å². The van der Waals surface area contributed by atoms with Crippen molar-refractivity contribution < 1.29 is 33.5 Å². The molecule has 1 unspecified atom stereocenters. The van der Waals surface area contributed by atoms with Crippen molar-refractivity contribution in [3.8, 4) is 0 Å². The Balaban J connectivity index is 1.55. The standard InChI is InChI=1S/C35H53N7O7/c1-6-11-23(28(43)33(47)38-22-14-15-22)39-32(46)27-25(49-7-2)16-19-42(27)34(48)29(35(3,4)5)41-31(45)26(21-12-9-8-10-13-21)40-30(44)24-20-36-17-18-37-24/h17-18,20-23,25-27,29H,6-16,19H2,1-5H3,(H,38,47)(H,39,46)(H,40,44)(H,41,45)/t23-,25+,26?,27-,29+/m1/s1. The lowest BCUT2D eigenvalue weighted by molar-refractivity contribution is -0.147. The molecule has 49 heavy (non-hydrogen) atoms. The first-order chi connectivity index (χ1) is 23.3. The van der Waals surface area contributed by atoms with E-state index in [1.807, 2.05) is 27.7 Å². The molecule has 0 bridgehead atoms. The minimum absolute atomic E-state index is 0.0118. The summed E-state index contributed by atoms with van der Waals surface area (Å²) in [6.45, 7) is 9.60. The lowest BCUT2D eigenvalue weighted by Crippen LogP contribution is -2.63. The average Bonchev–Trinajstić information content (AvgIpc) is 3.80. The first kappa shape index (κ1) is 37.9. The summed E-state index contributed by atoms with van der Waals surface area (Å²) in [6, 6.07) is -4.12. The zero-order valence-corrected chi connectivity index (χ0v) is 29.5. The molecule has 5 amide bonds. The number of ketones is 1.